The number of rotatable bonds is 7. The highest BCUT2D eigenvalue weighted by atomic mass is 79.9. The average molecular weight is 489 g/mol. The summed E-state index contributed by atoms with van der Waals surface area (Å²) in [6, 6.07) is 13.4. The largest absolute Gasteiger partial charge is 0.462 e. The first kappa shape index (κ1) is 22.5. The van der Waals surface area contributed by atoms with Crippen molar-refractivity contribution in [2.45, 2.75) is 13.3 Å². The Morgan fingerprint density at radius 1 is 1.06 bits per heavy atom. The quantitative estimate of drug-likeness (QED) is 0.600. The SMILES string of the molecule is CCOC(=O)c1ccc(NC(=O)COC(=O)[C@H]2CC(=O)N(c3ccc(Br)cc3)C2)cc1. The molecule has 1 aliphatic rings. The number of nitrogens with zero attached hydrogens (tertiary/aromatic N) is 1. The number of hydrogen-bond acceptors (Lipinski definition) is 6. The number of ether oxygens (including phenoxy) is 2. The molecule has 0 aliphatic carbocycles. The zero-order valence-electron chi connectivity index (χ0n) is 16.8. The molecule has 162 valence electrons. The van der Waals surface area contributed by atoms with E-state index in [1.54, 1.807) is 31.2 Å². The summed E-state index contributed by atoms with van der Waals surface area (Å²) in [6.07, 6.45) is 0.0336. The van der Waals surface area contributed by atoms with Gasteiger partial charge < -0.3 is 19.7 Å². The van der Waals surface area contributed by atoms with Gasteiger partial charge in [0.05, 0.1) is 18.1 Å². The monoisotopic (exact) mass is 488 g/mol. The number of anilines is 2. The van der Waals surface area contributed by atoms with Crippen LogP contribution in [0.4, 0.5) is 11.4 Å². The lowest BCUT2D eigenvalue weighted by Crippen LogP contribution is -2.28. The van der Waals surface area contributed by atoms with E-state index in [9.17, 15) is 19.2 Å². The molecule has 0 aromatic heterocycles. The highest BCUT2D eigenvalue weighted by Crippen LogP contribution is 2.27. The van der Waals surface area contributed by atoms with Crippen molar-refractivity contribution in [1.82, 2.24) is 0 Å². The van der Waals surface area contributed by atoms with E-state index in [4.69, 9.17) is 9.47 Å². The van der Waals surface area contributed by atoms with Gasteiger partial charge in [-0.3, -0.25) is 14.4 Å². The molecule has 1 fully saturated rings. The lowest BCUT2D eigenvalue weighted by molar-refractivity contribution is -0.151. The highest BCUT2D eigenvalue weighted by Gasteiger charge is 2.36. The zero-order valence-corrected chi connectivity index (χ0v) is 18.4. The van der Waals surface area contributed by atoms with E-state index >= 15 is 0 Å². The molecule has 1 aliphatic heterocycles. The van der Waals surface area contributed by atoms with Crippen LogP contribution in [0, 0.1) is 5.92 Å². The molecule has 3 rings (SSSR count). The van der Waals surface area contributed by atoms with Crippen molar-refractivity contribution < 1.29 is 28.7 Å². The first-order valence-electron chi connectivity index (χ1n) is 9.67. The summed E-state index contributed by atoms with van der Waals surface area (Å²) in [5, 5.41) is 2.58. The second-order valence-corrected chi connectivity index (χ2v) is 7.75. The molecular weight excluding hydrogens is 468 g/mol. The van der Waals surface area contributed by atoms with Gasteiger partial charge in [-0.2, -0.15) is 0 Å². The zero-order chi connectivity index (χ0) is 22.4. The maximum atomic E-state index is 12.3. The number of hydrogen-bond donors (Lipinski definition) is 1. The molecule has 0 unspecified atom stereocenters. The van der Waals surface area contributed by atoms with E-state index in [1.807, 2.05) is 12.1 Å². The summed E-state index contributed by atoms with van der Waals surface area (Å²) in [4.78, 5) is 49.8. The third-order valence-corrected chi connectivity index (χ3v) is 5.15. The second kappa shape index (κ2) is 10.2. The van der Waals surface area contributed by atoms with Crippen molar-refractivity contribution in [3.05, 3.63) is 58.6 Å². The van der Waals surface area contributed by atoms with E-state index in [2.05, 4.69) is 21.2 Å². The van der Waals surface area contributed by atoms with Crippen LogP contribution in [-0.4, -0.2) is 43.5 Å². The Labute approximate surface area is 187 Å². The maximum absolute atomic E-state index is 12.3. The molecule has 2 aromatic rings. The van der Waals surface area contributed by atoms with Gasteiger partial charge in [0.1, 0.15) is 0 Å². The number of carbonyl (C=O) groups excluding carboxylic acids is 4. The van der Waals surface area contributed by atoms with Crippen molar-refractivity contribution in [2.24, 2.45) is 5.92 Å². The summed E-state index contributed by atoms with van der Waals surface area (Å²) in [6.45, 7) is 1.72. The normalized spacial score (nSPS) is 15.5. The van der Waals surface area contributed by atoms with Crippen molar-refractivity contribution in [3.63, 3.8) is 0 Å². The van der Waals surface area contributed by atoms with Gasteiger partial charge in [-0.1, -0.05) is 15.9 Å². The minimum absolute atomic E-state index is 0.0336. The van der Waals surface area contributed by atoms with Crippen molar-refractivity contribution in [1.29, 1.82) is 0 Å². The van der Waals surface area contributed by atoms with E-state index in [1.165, 1.54) is 17.0 Å². The number of amides is 2. The third-order valence-electron chi connectivity index (χ3n) is 4.62. The van der Waals surface area contributed by atoms with Gasteiger partial charge in [-0.05, 0) is 55.5 Å². The molecule has 9 heteroatoms. The maximum Gasteiger partial charge on any atom is 0.338 e. The lowest BCUT2D eigenvalue weighted by Gasteiger charge is -2.16. The van der Waals surface area contributed by atoms with E-state index in [0.29, 0.717) is 16.9 Å². The minimum atomic E-state index is -0.632. The van der Waals surface area contributed by atoms with Crippen LogP contribution in [-0.2, 0) is 23.9 Å². The van der Waals surface area contributed by atoms with Crippen molar-refractivity contribution in [2.75, 3.05) is 30.0 Å². The fourth-order valence-electron chi connectivity index (χ4n) is 3.09. The van der Waals surface area contributed by atoms with Gasteiger partial charge in [-0.15, -0.1) is 0 Å². The standard InChI is InChI=1S/C22H21BrN2O6/c1-2-30-21(28)14-3-7-17(8-4-14)24-19(26)13-31-22(29)15-11-20(27)25(12-15)18-9-5-16(23)6-10-18/h3-10,15H,2,11-13H2,1H3,(H,24,26)/t15-/m0/s1. The van der Waals surface area contributed by atoms with E-state index in [0.717, 1.165) is 4.47 Å². The lowest BCUT2D eigenvalue weighted by atomic mass is 10.1. The van der Waals surface area contributed by atoms with Gasteiger partial charge in [0.15, 0.2) is 6.61 Å². The van der Waals surface area contributed by atoms with Gasteiger partial charge in [-0.25, -0.2) is 4.79 Å². The predicted molar refractivity (Wildman–Crippen MR) is 117 cm³/mol. The fourth-order valence-corrected chi connectivity index (χ4v) is 3.36. The molecule has 1 N–H and O–H groups in total. The van der Waals surface area contributed by atoms with Gasteiger partial charge in [0, 0.05) is 28.8 Å². The van der Waals surface area contributed by atoms with Gasteiger partial charge >= 0.3 is 11.9 Å². The van der Waals surface area contributed by atoms with E-state index < -0.39 is 30.4 Å². The first-order valence-corrected chi connectivity index (χ1v) is 10.5. The Bertz CT molecular complexity index is 975. The van der Waals surface area contributed by atoms with Crippen LogP contribution in [0.2, 0.25) is 0 Å². The number of benzene rings is 2. The Balaban J connectivity index is 1.48. The van der Waals surface area contributed by atoms with Crippen molar-refractivity contribution in [3.8, 4) is 0 Å². The summed E-state index contributed by atoms with van der Waals surface area (Å²) in [5.41, 5.74) is 1.52. The Hall–Kier alpha value is -3.20. The summed E-state index contributed by atoms with van der Waals surface area (Å²) >= 11 is 3.34. The molecule has 1 atom stereocenters. The molecular formula is C22H21BrN2O6. The topological polar surface area (TPSA) is 102 Å². The van der Waals surface area contributed by atoms with Crippen LogP contribution in [0.1, 0.15) is 23.7 Å². The third kappa shape index (κ3) is 5.91. The van der Waals surface area contributed by atoms with Gasteiger partial charge in [0.2, 0.25) is 5.91 Å². The molecule has 2 amide bonds. The molecule has 0 saturated carbocycles. The molecule has 1 heterocycles. The Morgan fingerprint density at radius 2 is 1.74 bits per heavy atom. The minimum Gasteiger partial charge on any atom is -0.462 e. The highest BCUT2D eigenvalue weighted by molar-refractivity contribution is 9.10. The average Bonchev–Trinajstić information content (AvgIpc) is 3.15. The summed E-state index contributed by atoms with van der Waals surface area (Å²) in [7, 11) is 0. The Kier molecular flexibility index (Phi) is 7.41. The molecule has 0 bridgehead atoms. The van der Waals surface area contributed by atoms with Crippen LogP contribution in [0.25, 0.3) is 0 Å². The number of halogens is 1. The number of nitrogens with one attached hydrogen (secondary N) is 1. The summed E-state index contributed by atoms with van der Waals surface area (Å²) < 4.78 is 10.9. The van der Waals surface area contributed by atoms with Crippen LogP contribution < -0.4 is 10.2 Å². The first-order chi connectivity index (χ1) is 14.9. The predicted octanol–water partition coefficient (Wildman–Crippen LogP) is 3.16. The van der Waals surface area contributed by atoms with E-state index in [-0.39, 0.29) is 25.5 Å². The fraction of sp³-hybridized carbons (Fsp3) is 0.273. The molecule has 31 heavy (non-hydrogen) atoms. The molecule has 8 nitrogen and oxygen atoms in total. The van der Waals surface area contributed by atoms with Crippen molar-refractivity contribution >= 4 is 51.1 Å². The number of esters is 2. The van der Waals surface area contributed by atoms with Gasteiger partial charge in [0.25, 0.3) is 5.91 Å². The Morgan fingerprint density at radius 3 is 2.39 bits per heavy atom. The van der Waals surface area contributed by atoms with Crippen LogP contribution in [0.3, 0.4) is 0 Å². The molecule has 0 radical (unpaired) electrons. The van der Waals surface area contributed by atoms with Crippen LogP contribution in [0.5, 0.6) is 0 Å². The van der Waals surface area contributed by atoms with Crippen LogP contribution >= 0.6 is 15.9 Å². The number of carbonyl (C=O) groups is 4. The second-order valence-electron chi connectivity index (χ2n) is 6.84. The molecule has 2 aromatic carbocycles. The van der Waals surface area contributed by atoms with Crippen LogP contribution in [0.15, 0.2) is 53.0 Å². The molecule has 0 spiro atoms. The molecule has 1 saturated heterocycles. The smallest absolute Gasteiger partial charge is 0.338 e. The summed E-state index contributed by atoms with van der Waals surface area (Å²) in [5.74, 6) is -2.37.